The summed E-state index contributed by atoms with van der Waals surface area (Å²) < 4.78 is 0. The minimum atomic E-state index is -0.232. The topological polar surface area (TPSA) is 77.2 Å². The average molecular weight is 390 g/mol. The molecule has 1 saturated heterocycles. The second-order valence-electron chi connectivity index (χ2n) is 7.68. The lowest BCUT2D eigenvalue weighted by atomic mass is 10.1. The summed E-state index contributed by atoms with van der Waals surface area (Å²) in [5, 5.41) is 7.02. The van der Waals surface area contributed by atoms with Gasteiger partial charge in [0.25, 0.3) is 0 Å². The molecule has 29 heavy (non-hydrogen) atoms. The van der Waals surface area contributed by atoms with Crippen LogP contribution < -0.4 is 15.5 Å². The smallest absolute Gasteiger partial charge is 0.315 e. The first-order chi connectivity index (χ1) is 14.0. The van der Waals surface area contributed by atoms with Crippen LogP contribution in [0.4, 0.5) is 10.5 Å². The lowest BCUT2D eigenvalue weighted by Crippen LogP contribution is -2.43. The van der Waals surface area contributed by atoms with Gasteiger partial charge in [0.05, 0.1) is 6.04 Å². The molecule has 150 valence electrons. The van der Waals surface area contributed by atoms with Gasteiger partial charge in [0, 0.05) is 42.3 Å². The molecule has 1 aliphatic rings. The van der Waals surface area contributed by atoms with Gasteiger partial charge in [-0.2, -0.15) is 0 Å². The maximum Gasteiger partial charge on any atom is 0.315 e. The van der Waals surface area contributed by atoms with Gasteiger partial charge in [-0.25, -0.2) is 4.79 Å². The Morgan fingerprint density at radius 3 is 2.83 bits per heavy atom. The number of aromatic nitrogens is 1. The van der Waals surface area contributed by atoms with Crippen molar-refractivity contribution in [1.29, 1.82) is 0 Å². The molecule has 1 aliphatic heterocycles. The number of hydrogen-bond donors (Lipinski definition) is 3. The van der Waals surface area contributed by atoms with Crippen molar-refractivity contribution in [2.45, 2.75) is 32.7 Å². The van der Waals surface area contributed by atoms with Gasteiger partial charge in [-0.05, 0) is 55.2 Å². The zero-order chi connectivity index (χ0) is 20.4. The van der Waals surface area contributed by atoms with E-state index in [4.69, 9.17) is 0 Å². The van der Waals surface area contributed by atoms with Crippen LogP contribution in [0.3, 0.4) is 0 Å². The maximum atomic E-state index is 12.4. The van der Waals surface area contributed by atoms with Gasteiger partial charge in [-0.1, -0.05) is 24.3 Å². The molecule has 1 atom stereocenters. The third-order valence-electron chi connectivity index (χ3n) is 5.62. The number of benzene rings is 2. The van der Waals surface area contributed by atoms with Gasteiger partial charge in [0.1, 0.15) is 0 Å². The van der Waals surface area contributed by atoms with Crippen molar-refractivity contribution in [1.82, 2.24) is 15.6 Å². The Balaban J connectivity index is 1.28. The number of rotatable bonds is 5. The van der Waals surface area contributed by atoms with Crippen LogP contribution in [0.25, 0.3) is 10.9 Å². The van der Waals surface area contributed by atoms with Crippen LogP contribution in [-0.4, -0.2) is 36.1 Å². The molecule has 4 rings (SSSR count). The lowest BCUT2D eigenvalue weighted by Gasteiger charge is -2.18. The molecule has 1 aromatic heterocycles. The van der Waals surface area contributed by atoms with Crippen molar-refractivity contribution in [2.24, 2.45) is 0 Å². The Morgan fingerprint density at radius 1 is 1.17 bits per heavy atom. The van der Waals surface area contributed by atoms with E-state index in [1.54, 1.807) is 4.90 Å². The number of para-hydroxylation sites is 1. The minimum absolute atomic E-state index is 0.0392. The fraction of sp³-hybridized carbons (Fsp3) is 0.304. The second-order valence-corrected chi connectivity index (χ2v) is 7.68. The molecule has 0 saturated carbocycles. The van der Waals surface area contributed by atoms with Gasteiger partial charge in [-0.3, -0.25) is 4.79 Å². The molecule has 6 nitrogen and oxygen atoms in total. The fourth-order valence-electron chi connectivity index (χ4n) is 3.83. The Morgan fingerprint density at radius 2 is 2.00 bits per heavy atom. The molecule has 3 aromatic rings. The number of carbonyl (C=O) groups excluding carboxylic acids is 2. The Labute approximate surface area is 170 Å². The van der Waals surface area contributed by atoms with E-state index >= 15 is 0 Å². The molecule has 0 unspecified atom stereocenters. The highest BCUT2D eigenvalue weighted by atomic mass is 16.2. The number of aromatic amines is 1. The van der Waals surface area contributed by atoms with E-state index in [1.165, 1.54) is 16.5 Å². The first-order valence-corrected chi connectivity index (χ1v) is 9.98. The van der Waals surface area contributed by atoms with Gasteiger partial charge < -0.3 is 20.5 Å². The summed E-state index contributed by atoms with van der Waals surface area (Å²) in [5.41, 5.74) is 5.52. The molecular weight excluding hydrogens is 364 g/mol. The summed E-state index contributed by atoms with van der Waals surface area (Å²) in [5.74, 6) is 0.0392. The first-order valence-electron chi connectivity index (χ1n) is 9.98. The Hall–Kier alpha value is -3.28. The van der Waals surface area contributed by atoms with Crippen LogP contribution in [0.15, 0.2) is 48.7 Å². The summed E-state index contributed by atoms with van der Waals surface area (Å²) >= 11 is 0. The molecule has 0 aliphatic carbocycles. The average Bonchev–Trinajstić information content (AvgIpc) is 3.27. The standard InChI is InChI=1S/C23H26N4O2/c1-15-7-8-19(11-16(15)2)27-14-18(12-22(27)28)26-23(29)24-10-9-17-13-25-21-6-4-3-5-20(17)21/h3-8,11,13,18,25H,9-10,12,14H2,1-2H3,(H2,24,26,29)/t18-/m0/s1. The summed E-state index contributed by atoms with van der Waals surface area (Å²) in [6.07, 6.45) is 3.06. The molecule has 6 heteroatoms. The van der Waals surface area contributed by atoms with Gasteiger partial charge in [-0.15, -0.1) is 0 Å². The van der Waals surface area contributed by atoms with E-state index < -0.39 is 0 Å². The fourth-order valence-corrected chi connectivity index (χ4v) is 3.83. The zero-order valence-electron chi connectivity index (χ0n) is 16.8. The monoisotopic (exact) mass is 390 g/mol. The number of amides is 3. The Kier molecular flexibility index (Phi) is 5.25. The molecular formula is C23H26N4O2. The van der Waals surface area contributed by atoms with Crippen molar-refractivity contribution in [2.75, 3.05) is 18.0 Å². The SMILES string of the molecule is Cc1ccc(N2C[C@@H](NC(=O)NCCc3c[nH]c4ccccc34)CC2=O)cc1C. The Bertz CT molecular complexity index is 1060. The third-order valence-corrected chi connectivity index (χ3v) is 5.62. The van der Waals surface area contributed by atoms with E-state index in [2.05, 4.69) is 28.6 Å². The zero-order valence-corrected chi connectivity index (χ0v) is 16.8. The number of carbonyl (C=O) groups is 2. The molecule has 2 aromatic carbocycles. The van der Waals surface area contributed by atoms with E-state index in [0.717, 1.165) is 23.2 Å². The number of hydrogen-bond acceptors (Lipinski definition) is 2. The lowest BCUT2D eigenvalue weighted by molar-refractivity contribution is -0.117. The highest BCUT2D eigenvalue weighted by Crippen LogP contribution is 2.24. The molecule has 3 N–H and O–H groups in total. The van der Waals surface area contributed by atoms with Gasteiger partial charge in [0.2, 0.25) is 5.91 Å². The summed E-state index contributed by atoms with van der Waals surface area (Å²) in [7, 11) is 0. The number of nitrogens with one attached hydrogen (secondary N) is 3. The van der Waals surface area contributed by atoms with Gasteiger partial charge >= 0.3 is 6.03 Å². The number of aryl methyl sites for hydroxylation is 2. The first kappa shape index (κ1) is 19.1. The van der Waals surface area contributed by atoms with Crippen LogP contribution in [0.1, 0.15) is 23.1 Å². The van der Waals surface area contributed by atoms with E-state index in [9.17, 15) is 9.59 Å². The van der Waals surface area contributed by atoms with Crippen molar-refractivity contribution in [3.05, 3.63) is 65.4 Å². The maximum absolute atomic E-state index is 12.4. The molecule has 2 heterocycles. The van der Waals surface area contributed by atoms with Crippen molar-refractivity contribution < 1.29 is 9.59 Å². The predicted molar refractivity (Wildman–Crippen MR) is 115 cm³/mol. The van der Waals surface area contributed by atoms with Crippen molar-refractivity contribution in [3.8, 4) is 0 Å². The third kappa shape index (κ3) is 4.11. The number of H-pyrrole nitrogens is 1. The van der Waals surface area contributed by atoms with Crippen LogP contribution in [-0.2, 0) is 11.2 Å². The second kappa shape index (κ2) is 7.99. The number of fused-ring (bicyclic) bond motifs is 1. The quantitative estimate of drug-likeness (QED) is 0.624. The largest absolute Gasteiger partial charge is 0.361 e. The minimum Gasteiger partial charge on any atom is -0.361 e. The summed E-state index contributed by atoms with van der Waals surface area (Å²) in [6.45, 7) is 5.12. The number of anilines is 1. The van der Waals surface area contributed by atoms with Crippen molar-refractivity contribution in [3.63, 3.8) is 0 Å². The molecule has 3 amide bonds. The highest BCUT2D eigenvalue weighted by molar-refractivity contribution is 5.97. The van der Waals surface area contributed by atoms with Crippen LogP contribution in [0.5, 0.6) is 0 Å². The predicted octanol–water partition coefficient (Wildman–Crippen LogP) is 3.43. The number of urea groups is 1. The molecule has 1 fully saturated rings. The van der Waals surface area contributed by atoms with Crippen LogP contribution in [0, 0.1) is 13.8 Å². The van der Waals surface area contributed by atoms with Crippen molar-refractivity contribution >= 4 is 28.5 Å². The van der Waals surface area contributed by atoms with Crippen LogP contribution in [0.2, 0.25) is 0 Å². The summed E-state index contributed by atoms with van der Waals surface area (Å²) in [4.78, 5) is 29.7. The molecule has 0 radical (unpaired) electrons. The number of nitrogens with zero attached hydrogens (tertiary/aromatic N) is 1. The molecule has 0 spiro atoms. The normalized spacial score (nSPS) is 16.4. The van der Waals surface area contributed by atoms with Crippen LogP contribution >= 0.6 is 0 Å². The summed E-state index contributed by atoms with van der Waals surface area (Å²) in [6, 6.07) is 13.7. The highest BCUT2D eigenvalue weighted by Gasteiger charge is 2.31. The van der Waals surface area contributed by atoms with E-state index in [0.29, 0.717) is 19.5 Å². The molecule has 0 bridgehead atoms. The van der Waals surface area contributed by atoms with Gasteiger partial charge in [0.15, 0.2) is 0 Å². The van der Waals surface area contributed by atoms with E-state index in [1.807, 2.05) is 49.5 Å². The van der Waals surface area contributed by atoms with E-state index in [-0.39, 0.29) is 18.0 Å².